The number of anilines is 1. The summed E-state index contributed by atoms with van der Waals surface area (Å²) in [4.78, 5) is -0.244. The van der Waals surface area contributed by atoms with Gasteiger partial charge in [0.2, 0.25) is 10.0 Å². The minimum atomic E-state index is -3.86. The molecule has 5 nitrogen and oxygen atoms in total. The van der Waals surface area contributed by atoms with E-state index in [9.17, 15) is 17.9 Å². The Morgan fingerprint density at radius 3 is 2.63 bits per heavy atom. The molecule has 0 radical (unpaired) electrons. The highest BCUT2D eigenvalue weighted by molar-refractivity contribution is 7.89. The minimum Gasteiger partial charge on any atom is -0.396 e. The first-order valence-electron chi connectivity index (χ1n) is 5.67. The van der Waals surface area contributed by atoms with E-state index >= 15 is 0 Å². The monoisotopic (exact) mass is 308 g/mol. The molecule has 106 valence electrons. The number of rotatable bonds is 3. The molecule has 1 saturated heterocycles. The van der Waals surface area contributed by atoms with Gasteiger partial charge in [-0.25, -0.2) is 12.8 Å². The van der Waals surface area contributed by atoms with E-state index in [1.54, 1.807) is 6.92 Å². The molecule has 0 spiro atoms. The normalized spacial score (nSPS) is 19.2. The van der Waals surface area contributed by atoms with E-state index in [-0.39, 0.29) is 28.7 Å². The lowest BCUT2D eigenvalue weighted by Crippen LogP contribution is -2.62. The number of nitrogens with zero attached hydrogens (tertiary/aromatic N) is 1. The molecule has 0 amide bonds. The van der Waals surface area contributed by atoms with Crippen LogP contribution in [0.2, 0.25) is 5.02 Å². The van der Waals surface area contributed by atoms with Gasteiger partial charge >= 0.3 is 0 Å². The van der Waals surface area contributed by atoms with Gasteiger partial charge in [-0.3, -0.25) is 0 Å². The molecule has 0 bridgehead atoms. The van der Waals surface area contributed by atoms with Crippen LogP contribution in [0.5, 0.6) is 0 Å². The molecule has 0 unspecified atom stereocenters. The van der Waals surface area contributed by atoms with E-state index in [2.05, 4.69) is 0 Å². The van der Waals surface area contributed by atoms with Crippen LogP contribution < -0.4 is 5.73 Å². The highest BCUT2D eigenvalue weighted by Gasteiger charge is 2.46. The fourth-order valence-electron chi connectivity index (χ4n) is 1.89. The Morgan fingerprint density at radius 2 is 2.11 bits per heavy atom. The van der Waals surface area contributed by atoms with Crippen molar-refractivity contribution in [1.82, 2.24) is 4.31 Å². The average molecular weight is 309 g/mol. The van der Waals surface area contributed by atoms with Crippen molar-refractivity contribution in [2.75, 3.05) is 18.8 Å². The van der Waals surface area contributed by atoms with E-state index < -0.39 is 21.4 Å². The van der Waals surface area contributed by atoms with Crippen molar-refractivity contribution < 1.29 is 17.9 Å². The second-order valence-corrected chi connectivity index (χ2v) is 6.97. The van der Waals surface area contributed by atoms with Gasteiger partial charge in [0.05, 0.1) is 16.3 Å². The minimum absolute atomic E-state index is 0.000552. The molecular weight excluding hydrogens is 295 g/mol. The van der Waals surface area contributed by atoms with Gasteiger partial charge in [-0.05, 0) is 18.6 Å². The summed E-state index contributed by atoms with van der Waals surface area (Å²) in [5, 5.41) is 9.62. The number of hydrogen-bond acceptors (Lipinski definition) is 4. The van der Waals surface area contributed by atoms with Crippen LogP contribution in [0.25, 0.3) is 0 Å². The van der Waals surface area contributed by atoms with Crippen LogP contribution in [0, 0.1) is 5.82 Å². The number of halogens is 2. The smallest absolute Gasteiger partial charge is 0.244 e. The Kier molecular flexibility index (Phi) is 3.51. The SMILES string of the molecule is CCC1(O)CN(S(=O)(=O)c2cc(N)c(F)cc2Cl)C1. The summed E-state index contributed by atoms with van der Waals surface area (Å²) < 4.78 is 38.8. The second-order valence-electron chi connectivity index (χ2n) is 4.66. The van der Waals surface area contributed by atoms with Crippen LogP contribution in [0.1, 0.15) is 13.3 Å². The van der Waals surface area contributed by atoms with E-state index in [4.69, 9.17) is 17.3 Å². The number of sulfonamides is 1. The van der Waals surface area contributed by atoms with Gasteiger partial charge in [-0.1, -0.05) is 18.5 Å². The zero-order chi connectivity index (χ0) is 14.4. The maximum Gasteiger partial charge on any atom is 0.244 e. The summed E-state index contributed by atoms with van der Waals surface area (Å²) in [6, 6.07) is 1.87. The lowest BCUT2D eigenvalue weighted by Gasteiger charge is -2.44. The zero-order valence-corrected chi connectivity index (χ0v) is 11.8. The third kappa shape index (κ3) is 2.43. The first-order chi connectivity index (χ1) is 8.69. The average Bonchev–Trinajstić information content (AvgIpc) is 2.29. The maximum atomic E-state index is 13.2. The number of nitrogen functional groups attached to an aromatic ring is 1. The summed E-state index contributed by atoms with van der Waals surface area (Å²) >= 11 is 5.75. The first kappa shape index (κ1) is 14.5. The zero-order valence-electron chi connectivity index (χ0n) is 10.2. The molecule has 3 N–H and O–H groups in total. The first-order valence-corrected chi connectivity index (χ1v) is 7.48. The highest BCUT2D eigenvalue weighted by Crippen LogP contribution is 2.34. The van der Waals surface area contributed by atoms with Gasteiger partial charge in [-0.15, -0.1) is 0 Å². The van der Waals surface area contributed by atoms with Gasteiger partial charge in [0.25, 0.3) is 0 Å². The van der Waals surface area contributed by atoms with Gasteiger partial charge in [0.1, 0.15) is 10.7 Å². The molecule has 19 heavy (non-hydrogen) atoms. The Balaban J connectivity index is 2.35. The fourth-order valence-corrected chi connectivity index (χ4v) is 4.01. The fraction of sp³-hybridized carbons (Fsp3) is 0.455. The lowest BCUT2D eigenvalue weighted by atomic mass is 9.94. The molecule has 0 aromatic heterocycles. The predicted molar refractivity (Wildman–Crippen MR) is 69.8 cm³/mol. The van der Waals surface area contributed by atoms with Crippen molar-refractivity contribution in [2.45, 2.75) is 23.8 Å². The Morgan fingerprint density at radius 1 is 1.53 bits per heavy atom. The number of nitrogens with two attached hydrogens (primary N) is 1. The lowest BCUT2D eigenvalue weighted by molar-refractivity contribution is -0.0613. The van der Waals surface area contributed by atoms with Crippen molar-refractivity contribution in [2.24, 2.45) is 0 Å². The van der Waals surface area contributed by atoms with Crippen LogP contribution in [0.15, 0.2) is 17.0 Å². The maximum absolute atomic E-state index is 13.2. The van der Waals surface area contributed by atoms with Gasteiger partial charge in [0.15, 0.2) is 0 Å². The summed E-state index contributed by atoms with van der Waals surface area (Å²) in [5.41, 5.74) is 4.08. The third-order valence-electron chi connectivity index (χ3n) is 3.27. The quantitative estimate of drug-likeness (QED) is 0.822. The van der Waals surface area contributed by atoms with E-state index in [1.807, 2.05) is 0 Å². The van der Waals surface area contributed by atoms with E-state index in [1.165, 1.54) is 0 Å². The molecule has 1 aromatic rings. The van der Waals surface area contributed by atoms with Gasteiger partial charge in [0, 0.05) is 13.1 Å². The number of benzene rings is 1. The Bertz CT molecular complexity index is 615. The van der Waals surface area contributed by atoms with Crippen LogP contribution in [0.3, 0.4) is 0 Å². The van der Waals surface area contributed by atoms with Crippen molar-refractivity contribution >= 4 is 27.3 Å². The van der Waals surface area contributed by atoms with Crippen molar-refractivity contribution in [3.05, 3.63) is 23.0 Å². The summed E-state index contributed by atoms with van der Waals surface area (Å²) in [6.45, 7) is 1.77. The molecule has 1 heterocycles. The van der Waals surface area contributed by atoms with E-state index in [0.29, 0.717) is 6.42 Å². The highest BCUT2D eigenvalue weighted by atomic mass is 35.5. The van der Waals surface area contributed by atoms with Crippen LogP contribution in [-0.4, -0.2) is 36.5 Å². The standard InChI is InChI=1S/C11H14ClFN2O3S/c1-2-11(16)5-15(6-11)19(17,18)10-4-9(14)8(13)3-7(10)12/h3-4,16H,2,5-6,14H2,1H3. The van der Waals surface area contributed by atoms with Crippen molar-refractivity contribution in [3.8, 4) is 0 Å². The Labute approximate surface area is 115 Å². The molecule has 2 rings (SSSR count). The third-order valence-corrected chi connectivity index (χ3v) is 5.52. The molecule has 0 atom stereocenters. The summed E-state index contributed by atoms with van der Waals surface area (Å²) in [6.07, 6.45) is 0.457. The van der Waals surface area contributed by atoms with Crippen LogP contribution in [-0.2, 0) is 10.0 Å². The number of hydrogen-bond donors (Lipinski definition) is 2. The van der Waals surface area contributed by atoms with Crippen LogP contribution >= 0.6 is 11.6 Å². The van der Waals surface area contributed by atoms with Crippen molar-refractivity contribution in [1.29, 1.82) is 0 Å². The second kappa shape index (κ2) is 4.59. The molecule has 1 aliphatic heterocycles. The molecule has 1 aliphatic rings. The summed E-state index contributed by atoms with van der Waals surface area (Å²) in [7, 11) is -3.86. The predicted octanol–water partition coefficient (Wildman–Crippen LogP) is 1.21. The van der Waals surface area contributed by atoms with Crippen molar-refractivity contribution in [3.63, 3.8) is 0 Å². The molecular formula is C11H14ClFN2O3S. The molecule has 1 aromatic carbocycles. The topological polar surface area (TPSA) is 83.6 Å². The van der Waals surface area contributed by atoms with Gasteiger partial charge in [-0.2, -0.15) is 4.31 Å². The van der Waals surface area contributed by atoms with E-state index in [0.717, 1.165) is 16.4 Å². The number of β-amino-alcohol motifs (C(OH)–C–C–N with tert-alkyl or cyclic N) is 1. The molecule has 0 aliphatic carbocycles. The molecule has 8 heteroatoms. The largest absolute Gasteiger partial charge is 0.396 e. The number of aliphatic hydroxyl groups is 1. The van der Waals surface area contributed by atoms with Gasteiger partial charge < -0.3 is 10.8 Å². The molecule has 0 saturated carbocycles. The Hall–Kier alpha value is -0.890. The summed E-state index contributed by atoms with van der Waals surface area (Å²) in [5.74, 6) is -0.766. The van der Waals surface area contributed by atoms with Crippen LogP contribution in [0.4, 0.5) is 10.1 Å². The molecule has 1 fully saturated rings.